The number of hydrogen-bond acceptors (Lipinski definition) is 7. The van der Waals surface area contributed by atoms with Crippen molar-refractivity contribution in [2.24, 2.45) is 10.7 Å². The number of alkyl carbamates (subject to hydrolysis) is 1. The lowest BCUT2D eigenvalue weighted by Gasteiger charge is -2.15. The van der Waals surface area contributed by atoms with Gasteiger partial charge in [-0.15, -0.1) is 0 Å². The highest BCUT2D eigenvalue weighted by atomic mass is 16.5. The molecular weight excluding hydrogens is 464 g/mol. The van der Waals surface area contributed by atoms with Gasteiger partial charge in [0.2, 0.25) is 0 Å². The van der Waals surface area contributed by atoms with Gasteiger partial charge in [0.25, 0.3) is 0 Å². The minimum Gasteiger partial charge on any atom is -0.445 e. The van der Waals surface area contributed by atoms with Gasteiger partial charge in [-0.05, 0) is 22.8 Å². The number of carbonyl (C=O) groups excluding carboxylic acids is 1. The summed E-state index contributed by atoms with van der Waals surface area (Å²) in [5, 5.41) is 6.97. The predicted octanol–water partition coefficient (Wildman–Crippen LogP) is 5.15. The number of benzene rings is 3. The molecule has 0 saturated carbocycles. The van der Waals surface area contributed by atoms with Crippen LogP contribution in [0.25, 0.3) is 27.6 Å². The second kappa shape index (κ2) is 12.6. The molecule has 4 rings (SSSR count). The fourth-order valence-corrected chi connectivity index (χ4v) is 3.73. The fraction of sp³-hybridized carbons (Fsp3) is 0.103. The summed E-state index contributed by atoms with van der Waals surface area (Å²) in [4.78, 5) is 25.7. The molecule has 0 bridgehead atoms. The van der Waals surface area contributed by atoms with Crippen molar-refractivity contribution < 1.29 is 9.53 Å². The summed E-state index contributed by atoms with van der Waals surface area (Å²) in [5.74, 6) is 1.04. The first-order valence-electron chi connectivity index (χ1n) is 11.8. The number of amides is 1. The standard InChI is InChI=1S/C29H28N6O2/c1-2-31-19-23(18-30)27-34-25-15-9-14-24(22-12-7-4-8-13-22)26(25)28(35-27)32-16-17-33-29(36)37-20-21-10-5-3-6-11-21/h2-15,18-19H,1,16-17,20,30H2,(H,33,36)(H,32,34,35)/b23-18+,31-19-. The van der Waals surface area contributed by atoms with Crippen LogP contribution in [0.5, 0.6) is 0 Å². The number of fused-ring (bicyclic) bond motifs is 1. The number of nitrogens with zero attached hydrogens (tertiary/aromatic N) is 3. The lowest BCUT2D eigenvalue weighted by atomic mass is 10.0. The van der Waals surface area contributed by atoms with Crippen molar-refractivity contribution >= 4 is 34.6 Å². The molecule has 1 aromatic heterocycles. The van der Waals surface area contributed by atoms with Crippen LogP contribution in [0.2, 0.25) is 0 Å². The Morgan fingerprint density at radius 2 is 1.73 bits per heavy atom. The van der Waals surface area contributed by atoms with Crippen LogP contribution in [0.1, 0.15) is 11.4 Å². The van der Waals surface area contributed by atoms with Crippen LogP contribution in [0.4, 0.5) is 10.6 Å². The molecule has 186 valence electrons. The van der Waals surface area contributed by atoms with Crippen molar-refractivity contribution in [2.75, 3.05) is 18.4 Å². The van der Waals surface area contributed by atoms with Gasteiger partial charge in [-0.2, -0.15) is 0 Å². The largest absolute Gasteiger partial charge is 0.445 e. The summed E-state index contributed by atoms with van der Waals surface area (Å²) in [7, 11) is 0. The molecule has 0 unspecified atom stereocenters. The third-order valence-electron chi connectivity index (χ3n) is 5.46. The zero-order valence-corrected chi connectivity index (χ0v) is 20.3. The van der Waals surface area contributed by atoms with Crippen molar-refractivity contribution in [3.63, 3.8) is 0 Å². The molecule has 3 aromatic carbocycles. The smallest absolute Gasteiger partial charge is 0.407 e. The van der Waals surface area contributed by atoms with Crippen molar-refractivity contribution in [3.8, 4) is 11.1 Å². The number of nitrogens with two attached hydrogens (primary N) is 1. The van der Waals surface area contributed by atoms with Gasteiger partial charge in [-0.1, -0.05) is 79.4 Å². The van der Waals surface area contributed by atoms with Crippen LogP contribution in [0.3, 0.4) is 0 Å². The first-order chi connectivity index (χ1) is 18.2. The zero-order valence-electron chi connectivity index (χ0n) is 20.3. The highest BCUT2D eigenvalue weighted by molar-refractivity contribution is 6.10. The Labute approximate surface area is 215 Å². The van der Waals surface area contributed by atoms with Crippen LogP contribution in [-0.4, -0.2) is 35.4 Å². The number of rotatable bonds is 10. The van der Waals surface area contributed by atoms with E-state index < -0.39 is 6.09 Å². The Morgan fingerprint density at radius 1 is 0.973 bits per heavy atom. The van der Waals surface area contributed by atoms with Crippen LogP contribution in [-0.2, 0) is 11.3 Å². The maximum Gasteiger partial charge on any atom is 0.407 e. The zero-order chi connectivity index (χ0) is 25.9. The van der Waals surface area contributed by atoms with Gasteiger partial charge in [-0.25, -0.2) is 14.8 Å². The van der Waals surface area contributed by atoms with Crippen molar-refractivity contribution in [1.29, 1.82) is 0 Å². The molecule has 1 amide bonds. The van der Waals surface area contributed by atoms with E-state index in [4.69, 9.17) is 20.4 Å². The second-order valence-electron chi connectivity index (χ2n) is 7.96. The average molecular weight is 493 g/mol. The molecular formula is C29H28N6O2. The highest BCUT2D eigenvalue weighted by Gasteiger charge is 2.15. The maximum absolute atomic E-state index is 12.1. The normalized spacial score (nSPS) is 11.4. The fourth-order valence-electron chi connectivity index (χ4n) is 3.73. The molecule has 0 aliphatic rings. The quantitative estimate of drug-likeness (QED) is 0.208. The molecule has 1 heterocycles. The van der Waals surface area contributed by atoms with Gasteiger partial charge in [0.15, 0.2) is 5.82 Å². The summed E-state index contributed by atoms with van der Waals surface area (Å²) in [6.45, 7) is 4.56. The lowest BCUT2D eigenvalue weighted by molar-refractivity contribution is 0.140. The first kappa shape index (κ1) is 25.1. The third-order valence-corrected chi connectivity index (χ3v) is 5.46. The number of ether oxygens (including phenoxy) is 1. The molecule has 4 N–H and O–H groups in total. The number of aliphatic imine (C=N–C) groups is 1. The molecule has 0 aliphatic carbocycles. The van der Waals surface area contributed by atoms with Gasteiger partial charge in [0, 0.05) is 31.7 Å². The molecule has 8 heteroatoms. The van der Waals surface area contributed by atoms with E-state index in [1.165, 1.54) is 12.4 Å². The molecule has 0 atom stereocenters. The Hall–Kier alpha value is -4.98. The molecule has 4 aromatic rings. The van der Waals surface area contributed by atoms with Crippen LogP contribution in [0.15, 0.2) is 103 Å². The van der Waals surface area contributed by atoms with Gasteiger partial charge in [-0.3, -0.25) is 4.99 Å². The Morgan fingerprint density at radius 3 is 2.46 bits per heavy atom. The number of nitrogens with one attached hydrogen (secondary N) is 2. The van der Waals surface area contributed by atoms with Crippen molar-refractivity contribution in [2.45, 2.75) is 6.61 Å². The van der Waals surface area contributed by atoms with E-state index in [-0.39, 0.29) is 6.61 Å². The van der Waals surface area contributed by atoms with E-state index in [1.54, 1.807) is 6.21 Å². The molecule has 0 saturated heterocycles. The number of hydrogen-bond donors (Lipinski definition) is 3. The lowest BCUT2D eigenvalue weighted by Crippen LogP contribution is -2.29. The van der Waals surface area contributed by atoms with Crippen molar-refractivity contribution in [3.05, 3.63) is 109 Å². The number of aromatic nitrogens is 2. The topological polar surface area (TPSA) is 115 Å². The number of carbonyl (C=O) groups is 1. The van der Waals surface area contributed by atoms with Gasteiger partial charge < -0.3 is 21.1 Å². The SMILES string of the molecule is C=C/N=C\C(=C/N)c1nc(NCCNC(=O)OCc2ccccc2)c2c(-c3ccccc3)cccc2n1. The average Bonchev–Trinajstić information content (AvgIpc) is 2.95. The van der Waals surface area contributed by atoms with Gasteiger partial charge in [0.05, 0.1) is 16.5 Å². The molecule has 0 fully saturated rings. The van der Waals surface area contributed by atoms with Crippen LogP contribution in [0, 0.1) is 0 Å². The van der Waals surface area contributed by atoms with E-state index in [9.17, 15) is 4.79 Å². The van der Waals surface area contributed by atoms with Crippen molar-refractivity contribution in [1.82, 2.24) is 15.3 Å². The predicted molar refractivity (Wildman–Crippen MR) is 149 cm³/mol. The number of allylic oxidation sites excluding steroid dienone is 1. The maximum atomic E-state index is 12.1. The monoisotopic (exact) mass is 492 g/mol. The highest BCUT2D eigenvalue weighted by Crippen LogP contribution is 2.33. The summed E-state index contributed by atoms with van der Waals surface area (Å²) >= 11 is 0. The molecule has 0 aliphatic heterocycles. The summed E-state index contributed by atoms with van der Waals surface area (Å²) in [6.07, 6.45) is 3.89. The minimum absolute atomic E-state index is 0.209. The van der Waals surface area contributed by atoms with Gasteiger partial charge >= 0.3 is 6.09 Å². The molecule has 8 nitrogen and oxygen atoms in total. The first-order valence-corrected chi connectivity index (χ1v) is 11.8. The van der Waals surface area contributed by atoms with Crippen LogP contribution >= 0.6 is 0 Å². The number of anilines is 1. The summed E-state index contributed by atoms with van der Waals surface area (Å²) in [6, 6.07) is 25.5. The van der Waals surface area contributed by atoms with Crippen LogP contribution < -0.4 is 16.4 Å². The Balaban J connectivity index is 1.56. The minimum atomic E-state index is -0.488. The molecule has 0 spiro atoms. The Kier molecular flexibility index (Phi) is 8.59. The van der Waals surface area contributed by atoms with E-state index in [1.807, 2.05) is 78.9 Å². The van der Waals surface area contributed by atoms with E-state index in [0.717, 1.165) is 27.6 Å². The van der Waals surface area contributed by atoms with E-state index in [2.05, 4.69) is 22.2 Å². The molecule has 0 radical (unpaired) electrons. The molecule has 37 heavy (non-hydrogen) atoms. The van der Waals surface area contributed by atoms with E-state index in [0.29, 0.717) is 30.3 Å². The third kappa shape index (κ3) is 6.58. The Bertz CT molecular complexity index is 1420. The second-order valence-corrected chi connectivity index (χ2v) is 7.96. The van der Waals surface area contributed by atoms with Gasteiger partial charge in [0.1, 0.15) is 12.4 Å². The summed E-state index contributed by atoms with van der Waals surface area (Å²) < 4.78 is 5.28. The summed E-state index contributed by atoms with van der Waals surface area (Å²) in [5.41, 5.74) is 10.1. The van der Waals surface area contributed by atoms with E-state index >= 15 is 0 Å².